The zero-order valence-corrected chi connectivity index (χ0v) is 17.0. The molecule has 0 saturated carbocycles. The average molecular weight is 352 g/mol. The average Bonchev–Trinajstić information content (AvgIpc) is 2.91. The molecule has 0 radical (unpaired) electrons. The third kappa shape index (κ3) is 3.87. The summed E-state index contributed by atoms with van der Waals surface area (Å²) < 4.78 is 6.20. The standard InChI is InChI=1S/C22H29NOSi/c1-22(2,3)25(4,5)24-23-21-16-18-13-9-10-14-19(18)20(21)15-17-11-7-6-8-12-17/h6-14,20H,15-16H2,1-5H3/b23-21+. The summed E-state index contributed by atoms with van der Waals surface area (Å²) in [7, 11) is -1.88. The van der Waals surface area contributed by atoms with Crippen LogP contribution in [0.5, 0.6) is 0 Å². The van der Waals surface area contributed by atoms with Crippen LogP contribution in [0.1, 0.15) is 43.4 Å². The van der Waals surface area contributed by atoms with Crippen molar-refractivity contribution >= 4 is 14.0 Å². The zero-order valence-electron chi connectivity index (χ0n) is 16.0. The van der Waals surface area contributed by atoms with Gasteiger partial charge in [0.25, 0.3) is 8.32 Å². The Morgan fingerprint density at radius 3 is 2.32 bits per heavy atom. The number of oxime groups is 1. The van der Waals surface area contributed by atoms with E-state index >= 15 is 0 Å². The molecule has 0 saturated heterocycles. The normalized spacial score (nSPS) is 19.1. The molecule has 1 unspecified atom stereocenters. The van der Waals surface area contributed by atoms with Gasteiger partial charge in [0.1, 0.15) is 0 Å². The summed E-state index contributed by atoms with van der Waals surface area (Å²) >= 11 is 0. The number of hydrogen-bond donors (Lipinski definition) is 0. The van der Waals surface area contributed by atoms with Gasteiger partial charge in [0.05, 0.1) is 5.71 Å². The van der Waals surface area contributed by atoms with Crippen LogP contribution >= 0.6 is 0 Å². The zero-order chi connectivity index (χ0) is 18.1. The Bertz CT molecular complexity index is 759. The molecular weight excluding hydrogens is 322 g/mol. The molecule has 1 atom stereocenters. The molecule has 0 N–H and O–H groups in total. The van der Waals surface area contributed by atoms with Gasteiger partial charge in [-0.2, -0.15) is 0 Å². The van der Waals surface area contributed by atoms with Gasteiger partial charge in [-0.15, -0.1) is 5.16 Å². The fourth-order valence-corrected chi connectivity index (χ4v) is 3.64. The van der Waals surface area contributed by atoms with Gasteiger partial charge in [-0.25, -0.2) is 0 Å². The summed E-state index contributed by atoms with van der Waals surface area (Å²) in [5, 5.41) is 4.90. The summed E-state index contributed by atoms with van der Waals surface area (Å²) in [4.78, 5) is 0. The Kier molecular flexibility index (Phi) is 4.87. The topological polar surface area (TPSA) is 21.6 Å². The largest absolute Gasteiger partial charge is 0.455 e. The highest BCUT2D eigenvalue weighted by molar-refractivity contribution is 6.74. The van der Waals surface area contributed by atoms with E-state index in [-0.39, 0.29) is 5.04 Å². The van der Waals surface area contributed by atoms with Crippen LogP contribution in [0.4, 0.5) is 0 Å². The van der Waals surface area contributed by atoms with E-state index in [0.717, 1.165) is 12.8 Å². The third-order valence-corrected chi connectivity index (χ3v) is 9.84. The second-order valence-electron chi connectivity index (χ2n) is 8.55. The van der Waals surface area contributed by atoms with Gasteiger partial charge in [-0.3, -0.25) is 0 Å². The van der Waals surface area contributed by atoms with E-state index in [1.54, 1.807) is 0 Å². The van der Waals surface area contributed by atoms with Crippen LogP contribution in [0.2, 0.25) is 18.1 Å². The molecule has 25 heavy (non-hydrogen) atoms. The summed E-state index contributed by atoms with van der Waals surface area (Å²) in [5.41, 5.74) is 5.32. The second-order valence-corrected chi connectivity index (χ2v) is 13.3. The van der Waals surface area contributed by atoms with Gasteiger partial charge in [0, 0.05) is 12.3 Å². The van der Waals surface area contributed by atoms with Crippen LogP contribution in [-0.4, -0.2) is 14.0 Å². The fourth-order valence-electron chi connectivity index (χ4n) is 3.02. The SMILES string of the molecule is CC(C)(C)[Si](C)(C)O/N=C1\Cc2ccccc2C1Cc1ccccc1. The highest BCUT2D eigenvalue weighted by Crippen LogP contribution is 2.38. The number of fused-ring (bicyclic) bond motifs is 1. The first-order valence-electron chi connectivity index (χ1n) is 9.14. The molecule has 1 aliphatic rings. The third-order valence-electron chi connectivity index (χ3n) is 5.68. The first kappa shape index (κ1) is 17.9. The number of benzene rings is 2. The molecule has 0 amide bonds. The molecule has 2 aromatic carbocycles. The van der Waals surface area contributed by atoms with Crippen molar-refractivity contribution in [3.8, 4) is 0 Å². The van der Waals surface area contributed by atoms with Crippen molar-refractivity contribution in [1.82, 2.24) is 0 Å². The number of nitrogens with zero attached hydrogens (tertiary/aromatic N) is 1. The molecule has 3 rings (SSSR count). The van der Waals surface area contributed by atoms with Crippen LogP contribution in [0.15, 0.2) is 59.8 Å². The Hall–Kier alpha value is -1.87. The summed E-state index contributed by atoms with van der Waals surface area (Å²) in [6.45, 7) is 11.3. The Labute approximate surface area is 153 Å². The van der Waals surface area contributed by atoms with Crippen molar-refractivity contribution in [1.29, 1.82) is 0 Å². The maximum Gasteiger partial charge on any atom is 0.286 e. The molecule has 3 heteroatoms. The molecule has 0 spiro atoms. The van der Waals surface area contributed by atoms with E-state index in [4.69, 9.17) is 9.68 Å². The van der Waals surface area contributed by atoms with E-state index in [0.29, 0.717) is 5.92 Å². The number of hydrogen-bond acceptors (Lipinski definition) is 2. The van der Waals surface area contributed by atoms with Crippen molar-refractivity contribution in [2.24, 2.45) is 5.16 Å². The van der Waals surface area contributed by atoms with E-state index in [9.17, 15) is 0 Å². The summed E-state index contributed by atoms with van der Waals surface area (Å²) in [6.07, 6.45) is 1.89. The molecular formula is C22H29NOSi. The van der Waals surface area contributed by atoms with Crippen LogP contribution in [0, 0.1) is 0 Å². The van der Waals surface area contributed by atoms with Crippen molar-refractivity contribution in [2.75, 3.05) is 0 Å². The molecule has 132 valence electrons. The van der Waals surface area contributed by atoms with Crippen LogP contribution in [-0.2, 0) is 17.4 Å². The monoisotopic (exact) mass is 351 g/mol. The minimum absolute atomic E-state index is 0.164. The van der Waals surface area contributed by atoms with Crippen LogP contribution in [0.25, 0.3) is 0 Å². The molecule has 1 aliphatic carbocycles. The van der Waals surface area contributed by atoms with E-state index in [2.05, 4.69) is 88.5 Å². The molecule has 0 aromatic heterocycles. The highest BCUT2D eigenvalue weighted by Gasteiger charge is 2.40. The van der Waals surface area contributed by atoms with Crippen molar-refractivity contribution < 1.29 is 4.53 Å². The maximum atomic E-state index is 6.20. The van der Waals surface area contributed by atoms with Gasteiger partial charge in [0.2, 0.25) is 0 Å². The predicted molar refractivity (Wildman–Crippen MR) is 109 cm³/mol. The smallest absolute Gasteiger partial charge is 0.286 e. The Morgan fingerprint density at radius 1 is 1.00 bits per heavy atom. The van der Waals surface area contributed by atoms with Crippen molar-refractivity contribution in [2.45, 2.75) is 57.7 Å². The van der Waals surface area contributed by atoms with Crippen molar-refractivity contribution in [3.63, 3.8) is 0 Å². The molecule has 2 aromatic rings. The van der Waals surface area contributed by atoms with Gasteiger partial charge in [0.15, 0.2) is 0 Å². The fraction of sp³-hybridized carbons (Fsp3) is 0.409. The maximum absolute atomic E-state index is 6.20. The minimum Gasteiger partial charge on any atom is -0.455 e. The minimum atomic E-state index is -1.88. The lowest BCUT2D eigenvalue weighted by molar-refractivity contribution is 0.305. The first-order valence-corrected chi connectivity index (χ1v) is 12.1. The van der Waals surface area contributed by atoms with Gasteiger partial charge >= 0.3 is 0 Å². The summed E-state index contributed by atoms with van der Waals surface area (Å²) in [5.74, 6) is 0.323. The van der Waals surface area contributed by atoms with Crippen molar-refractivity contribution in [3.05, 3.63) is 71.3 Å². The van der Waals surface area contributed by atoms with Crippen LogP contribution < -0.4 is 0 Å². The molecule has 0 aliphatic heterocycles. The number of rotatable bonds is 4. The predicted octanol–water partition coefficient (Wildman–Crippen LogP) is 5.95. The Balaban J connectivity index is 1.89. The molecule has 0 heterocycles. The summed E-state index contributed by atoms with van der Waals surface area (Å²) in [6, 6.07) is 19.4. The van der Waals surface area contributed by atoms with Gasteiger partial charge < -0.3 is 4.53 Å². The quantitative estimate of drug-likeness (QED) is 0.493. The van der Waals surface area contributed by atoms with E-state index < -0.39 is 8.32 Å². The van der Waals surface area contributed by atoms with Gasteiger partial charge in [-0.1, -0.05) is 75.4 Å². The van der Waals surface area contributed by atoms with E-state index in [1.165, 1.54) is 22.4 Å². The second kappa shape index (κ2) is 6.79. The van der Waals surface area contributed by atoms with Crippen LogP contribution in [0.3, 0.4) is 0 Å². The molecule has 0 bridgehead atoms. The molecule has 2 nitrogen and oxygen atoms in total. The lowest BCUT2D eigenvalue weighted by Crippen LogP contribution is -2.39. The molecule has 0 fully saturated rings. The lowest BCUT2D eigenvalue weighted by Gasteiger charge is -2.33. The highest BCUT2D eigenvalue weighted by atomic mass is 28.4. The van der Waals surface area contributed by atoms with Gasteiger partial charge in [-0.05, 0) is 41.2 Å². The first-order chi connectivity index (χ1) is 11.8. The van der Waals surface area contributed by atoms with E-state index in [1.807, 2.05) is 0 Å². The Morgan fingerprint density at radius 2 is 1.64 bits per heavy atom. The lowest BCUT2D eigenvalue weighted by atomic mass is 9.93.